The van der Waals surface area contributed by atoms with Gasteiger partial charge in [-0.05, 0) is 75.9 Å². The molecule has 2 nitrogen and oxygen atoms in total. The zero-order chi connectivity index (χ0) is 26.5. The lowest BCUT2D eigenvalue weighted by Gasteiger charge is -2.20. The van der Waals surface area contributed by atoms with Crippen LogP contribution in [0.5, 0.6) is 0 Å². The molecule has 0 spiro atoms. The summed E-state index contributed by atoms with van der Waals surface area (Å²) in [6, 6.07) is 33.5. The van der Waals surface area contributed by atoms with Gasteiger partial charge in [0.15, 0.2) is 11.0 Å². The van der Waals surface area contributed by atoms with Gasteiger partial charge in [-0.25, -0.2) is 4.57 Å². The van der Waals surface area contributed by atoms with Crippen LogP contribution in [0.25, 0.3) is 39.2 Å². The van der Waals surface area contributed by atoms with Crippen LogP contribution in [0.4, 0.5) is 0 Å². The molecule has 0 aliphatic carbocycles. The van der Waals surface area contributed by atoms with Crippen molar-refractivity contribution in [2.45, 2.75) is 59.3 Å². The van der Waals surface area contributed by atoms with E-state index in [0.717, 1.165) is 0 Å². The van der Waals surface area contributed by atoms with Crippen LogP contribution in [-0.2, 0) is 17.9 Å². The number of rotatable bonds is 3. The minimum absolute atomic E-state index is 0.0780. The van der Waals surface area contributed by atoms with E-state index >= 15 is 0 Å². The van der Waals surface area contributed by atoms with E-state index in [1.54, 1.807) is 0 Å². The highest BCUT2D eigenvalue weighted by Gasteiger charge is 2.29. The first-order chi connectivity index (χ1) is 17.4. The van der Waals surface area contributed by atoms with Gasteiger partial charge in [0.25, 0.3) is 5.82 Å². The van der Waals surface area contributed by atoms with Crippen LogP contribution in [0.1, 0.15) is 58.2 Å². The zero-order valence-corrected chi connectivity index (χ0v) is 23.6. The largest absolute Gasteiger partial charge is 0.295 e. The Morgan fingerprint density at radius 1 is 0.622 bits per heavy atom. The molecule has 0 radical (unpaired) electrons. The van der Waals surface area contributed by atoms with Crippen molar-refractivity contribution in [3.8, 4) is 28.2 Å². The summed E-state index contributed by atoms with van der Waals surface area (Å²) in [7, 11) is 2.21. The Bertz CT molecular complexity index is 1570. The molecule has 0 amide bonds. The van der Waals surface area contributed by atoms with Crippen molar-refractivity contribution in [3.63, 3.8) is 0 Å². The van der Waals surface area contributed by atoms with Crippen LogP contribution in [-0.4, -0.2) is 4.57 Å². The first-order valence-electron chi connectivity index (χ1n) is 13.3. The number of benzene rings is 4. The van der Waals surface area contributed by atoms with Gasteiger partial charge in [-0.15, -0.1) is 0 Å². The van der Waals surface area contributed by atoms with Gasteiger partial charge in [0.1, 0.15) is 5.69 Å². The maximum absolute atomic E-state index is 2.44. The number of hydrogen-bond donors (Lipinski definition) is 0. The number of hydrogen-bond acceptors (Lipinski definition) is 0. The summed E-state index contributed by atoms with van der Waals surface area (Å²) in [5.41, 5.74) is 11.5. The SMILES string of the molecule is Cc1ccc(C(C)(C)C)cc1-c1n(-c2ccc(-c3ccccc3)cc2)c2ccc(C(C)(C)C)cc2[n+]1C. The normalized spacial score (nSPS) is 12.3. The smallest absolute Gasteiger partial charge is 0.225 e. The molecule has 0 N–H and O–H groups in total. The molecule has 4 aromatic carbocycles. The van der Waals surface area contributed by atoms with E-state index in [2.05, 4.69) is 156 Å². The molecule has 2 heteroatoms. The standard InChI is InChI=1S/C35H39N2/c1-24-14-17-27(34(2,3)4)22-30(24)33-36(8)32-23-28(35(5,6)7)18-21-31(32)37(33)29-19-15-26(16-20-29)25-12-10-9-11-13-25/h9-23H,1-8H3/q+1. The molecule has 0 saturated heterocycles. The van der Waals surface area contributed by atoms with Crippen LogP contribution in [0.15, 0.2) is 91.0 Å². The maximum Gasteiger partial charge on any atom is 0.295 e. The van der Waals surface area contributed by atoms with Gasteiger partial charge in [-0.3, -0.25) is 0 Å². The predicted octanol–water partition coefficient (Wildman–Crippen LogP) is 8.69. The summed E-state index contributed by atoms with van der Waals surface area (Å²) >= 11 is 0. The highest BCUT2D eigenvalue weighted by atomic mass is 15.2. The molecule has 0 unspecified atom stereocenters. The number of imidazole rings is 1. The van der Waals surface area contributed by atoms with Crippen molar-refractivity contribution < 1.29 is 4.57 Å². The lowest BCUT2D eigenvalue weighted by atomic mass is 9.85. The second-order valence-corrected chi connectivity index (χ2v) is 12.4. The Morgan fingerprint density at radius 2 is 1.19 bits per heavy atom. The molecule has 188 valence electrons. The van der Waals surface area contributed by atoms with Crippen molar-refractivity contribution >= 4 is 11.0 Å². The molecule has 0 atom stereocenters. The first-order valence-corrected chi connectivity index (χ1v) is 13.3. The summed E-state index contributed by atoms with van der Waals surface area (Å²) in [4.78, 5) is 0. The molecule has 1 heterocycles. The van der Waals surface area contributed by atoms with Gasteiger partial charge >= 0.3 is 0 Å². The molecule has 0 saturated carbocycles. The maximum atomic E-state index is 2.44. The molecule has 0 aliphatic rings. The molecule has 5 rings (SSSR count). The molecular weight excluding hydrogens is 448 g/mol. The summed E-state index contributed by atoms with van der Waals surface area (Å²) in [5, 5.41) is 0. The van der Waals surface area contributed by atoms with Gasteiger partial charge in [-0.1, -0.05) is 102 Å². The van der Waals surface area contributed by atoms with Gasteiger partial charge in [0.05, 0.1) is 12.6 Å². The molecule has 1 aromatic heterocycles. The van der Waals surface area contributed by atoms with Crippen LogP contribution >= 0.6 is 0 Å². The predicted molar refractivity (Wildman–Crippen MR) is 157 cm³/mol. The van der Waals surface area contributed by atoms with Crippen LogP contribution in [0, 0.1) is 6.92 Å². The Hall–Kier alpha value is -3.65. The number of aromatic nitrogens is 2. The van der Waals surface area contributed by atoms with Crippen molar-refractivity contribution in [2.24, 2.45) is 7.05 Å². The van der Waals surface area contributed by atoms with Gasteiger partial charge in [-0.2, -0.15) is 4.57 Å². The molecule has 0 bridgehead atoms. The van der Waals surface area contributed by atoms with Gasteiger partial charge in [0.2, 0.25) is 0 Å². The monoisotopic (exact) mass is 487 g/mol. The Kier molecular flexibility index (Phi) is 6.10. The first kappa shape index (κ1) is 25.0. The second-order valence-electron chi connectivity index (χ2n) is 12.4. The summed E-state index contributed by atoms with van der Waals surface area (Å²) in [5.74, 6) is 1.21. The summed E-state index contributed by atoms with van der Waals surface area (Å²) in [6.07, 6.45) is 0. The summed E-state index contributed by atoms with van der Waals surface area (Å²) < 4.78 is 4.82. The highest BCUT2D eigenvalue weighted by molar-refractivity contribution is 5.81. The van der Waals surface area contributed by atoms with E-state index in [9.17, 15) is 0 Å². The minimum Gasteiger partial charge on any atom is -0.225 e. The van der Waals surface area contributed by atoms with E-state index in [1.165, 1.54) is 55.9 Å². The van der Waals surface area contributed by atoms with Crippen molar-refractivity contribution in [3.05, 3.63) is 108 Å². The van der Waals surface area contributed by atoms with Crippen LogP contribution in [0.2, 0.25) is 0 Å². The lowest BCUT2D eigenvalue weighted by molar-refractivity contribution is -0.633. The van der Waals surface area contributed by atoms with Crippen molar-refractivity contribution in [1.29, 1.82) is 0 Å². The van der Waals surface area contributed by atoms with E-state index in [0.29, 0.717) is 0 Å². The van der Waals surface area contributed by atoms with E-state index < -0.39 is 0 Å². The average Bonchev–Trinajstić information content (AvgIpc) is 3.15. The van der Waals surface area contributed by atoms with E-state index in [-0.39, 0.29) is 10.8 Å². The average molecular weight is 488 g/mol. The van der Waals surface area contributed by atoms with E-state index in [4.69, 9.17) is 0 Å². The Labute approximate surface area is 222 Å². The summed E-state index contributed by atoms with van der Waals surface area (Å²) in [6.45, 7) is 15.9. The molecule has 0 aliphatic heterocycles. The highest BCUT2D eigenvalue weighted by Crippen LogP contribution is 2.35. The van der Waals surface area contributed by atoms with Crippen LogP contribution < -0.4 is 4.57 Å². The topological polar surface area (TPSA) is 8.81 Å². The second kappa shape index (κ2) is 9.03. The lowest BCUT2D eigenvalue weighted by Crippen LogP contribution is -2.31. The Balaban J connectivity index is 1.79. The third kappa shape index (κ3) is 4.62. The fraction of sp³-hybridized carbons (Fsp3) is 0.286. The number of aryl methyl sites for hydroxylation is 2. The van der Waals surface area contributed by atoms with Crippen molar-refractivity contribution in [1.82, 2.24) is 4.57 Å². The fourth-order valence-electron chi connectivity index (χ4n) is 5.15. The van der Waals surface area contributed by atoms with Crippen molar-refractivity contribution in [2.75, 3.05) is 0 Å². The molecule has 5 aromatic rings. The third-order valence-electron chi connectivity index (χ3n) is 7.55. The van der Waals surface area contributed by atoms with Crippen LogP contribution in [0.3, 0.4) is 0 Å². The zero-order valence-electron chi connectivity index (χ0n) is 23.6. The molecule has 37 heavy (non-hydrogen) atoms. The van der Waals surface area contributed by atoms with E-state index in [1.807, 2.05) is 0 Å². The molecule has 0 fully saturated rings. The third-order valence-corrected chi connectivity index (χ3v) is 7.55. The Morgan fingerprint density at radius 3 is 1.81 bits per heavy atom. The number of nitrogens with zero attached hydrogens (tertiary/aromatic N) is 2. The van der Waals surface area contributed by atoms with Gasteiger partial charge < -0.3 is 0 Å². The number of fused-ring (bicyclic) bond motifs is 1. The molecular formula is C35H39N2+. The fourth-order valence-corrected chi connectivity index (χ4v) is 5.15. The minimum atomic E-state index is 0.0780. The van der Waals surface area contributed by atoms with Gasteiger partial charge in [0, 0.05) is 0 Å². The quantitative estimate of drug-likeness (QED) is 0.225.